The standard InChI is InChI=1S/C19H28N6O/c1-2-16-13-17(21-19-22-20-14-25(16)19)23-9-11-24(12-10-23)18(26)8-7-15-5-3-4-6-15/h13-15H,2-12H2,1H3. The molecule has 1 amide bonds. The summed E-state index contributed by atoms with van der Waals surface area (Å²) in [7, 11) is 0. The second-order valence-electron chi connectivity index (χ2n) is 7.52. The van der Waals surface area contributed by atoms with Crippen molar-refractivity contribution in [1.82, 2.24) is 24.5 Å². The lowest BCUT2D eigenvalue weighted by molar-refractivity contribution is -0.131. The van der Waals surface area contributed by atoms with Crippen LogP contribution in [0, 0.1) is 5.92 Å². The van der Waals surface area contributed by atoms with Crippen molar-refractivity contribution in [2.45, 2.75) is 51.9 Å². The van der Waals surface area contributed by atoms with E-state index in [2.05, 4.69) is 33.1 Å². The monoisotopic (exact) mass is 356 g/mol. The van der Waals surface area contributed by atoms with Crippen molar-refractivity contribution in [3.05, 3.63) is 18.1 Å². The molecule has 0 atom stereocenters. The van der Waals surface area contributed by atoms with Crippen LogP contribution in [-0.4, -0.2) is 56.6 Å². The molecule has 2 aliphatic rings. The minimum Gasteiger partial charge on any atom is -0.353 e. The number of aromatic nitrogens is 4. The summed E-state index contributed by atoms with van der Waals surface area (Å²) in [6.45, 7) is 5.35. The van der Waals surface area contributed by atoms with Crippen molar-refractivity contribution < 1.29 is 4.79 Å². The minimum atomic E-state index is 0.326. The highest BCUT2D eigenvalue weighted by molar-refractivity contribution is 5.76. The van der Waals surface area contributed by atoms with Gasteiger partial charge in [0.05, 0.1) is 0 Å². The Morgan fingerprint density at radius 2 is 1.96 bits per heavy atom. The Hall–Kier alpha value is -2.18. The highest BCUT2D eigenvalue weighted by Gasteiger charge is 2.24. The van der Waals surface area contributed by atoms with Crippen LogP contribution in [0.4, 0.5) is 5.82 Å². The van der Waals surface area contributed by atoms with Gasteiger partial charge in [0.1, 0.15) is 12.1 Å². The third-order valence-corrected chi connectivity index (χ3v) is 5.91. The first kappa shape index (κ1) is 17.2. The molecule has 3 heterocycles. The van der Waals surface area contributed by atoms with Crippen LogP contribution in [0.25, 0.3) is 5.78 Å². The van der Waals surface area contributed by atoms with E-state index in [1.54, 1.807) is 6.33 Å². The summed E-state index contributed by atoms with van der Waals surface area (Å²) >= 11 is 0. The molecule has 2 aromatic rings. The van der Waals surface area contributed by atoms with Crippen molar-refractivity contribution in [1.29, 1.82) is 0 Å². The first-order valence-corrected chi connectivity index (χ1v) is 9.97. The number of aryl methyl sites for hydroxylation is 1. The number of rotatable bonds is 5. The summed E-state index contributed by atoms with van der Waals surface area (Å²) in [6, 6.07) is 2.12. The fraction of sp³-hybridized carbons (Fsp3) is 0.684. The average Bonchev–Trinajstić information content (AvgIpc) is 3.37. The molecule has 0 radical (unpaired) electrons. The number of fused-ring (bicyclic) bond motifs is 1. The van der Waals surface area contributed by atoms with Crippen LogP contribution in [0.15, 0.2) is 12.4 Å². The maximum absolute atomic E-state index is 12.5. The number of nitrogens with zero attached hydrogens (tertiary/aromatic N) is 6. The number of anilines is 1. The SMILES string of the molecule is CCc1cc(N2CCN(C(=O)CCC3CCCC3)CC2)nc2nncn12. The van der Waals surface area contributed by atoms with Crippen molar-refractivity contribution >= 4 is 17.5 Å². The maximum Gasteiger partial charge on any atom is 0.256 e. The van der Waals surface area contributed by atoms with Gasteiger partial charge in [-0.2, -0.15) is 4.98 Å². The van der Waals surface area contributed by atoms with Crippen LogP contribution >= 0.6 is 0 Å². The average molecular weight is 356 g/mol. The summed E-state index contributed by atoms with van der Waals surface area (Å²) in [6.07, 6.45) is 9.74. The molecule has 140 valence electrons. The van der Waals surface area contributed by atoms with Gasteiger partial charge in [0.25, 0.3) is 5.78 Å². The van der Waals surface area contributed by atoms with Gasteiger partial charge < -0.3 is 9.80 Å². The molecule has 4 rings (SSSR count). The van der Waals surface area contributed by atoms with Crippen molar-refractivity contribution in [3.63, 3.8) is 0 Å². The second kappa shape index (κ2) is 7.60. The molecule has 0 bridgehead atoms. The first-order chi connectivity index (χ1) is 12.7. The molecule has 26 heavy (non-hydrogen) atoms. The zero-order valence-electron chi connectivity index (χ0n) is 15.6. The van der Waals surface area contributed by atoms with Gasteiger partial charge in [-0.05, 0) is 18.8 Å². The largest absolute Gasteiger partial charge is 0.353 e. The Labute approximate surface area is 154 Å². The molecule has 7 heteroatoms. The number of carbonyl (C=O) groups excluding carboxylic acids is 1. The smallest absolute Gasteiger partial charge is 0.256 e. The Bertz CT molecular complexity index is 758. The molecule has 0 unspecified atom stereocenters. The summed E-state index contributed by atoms with van der Waals surface area (Å²) < 4.78 is 1.94. The molecular formula is C19H28N6O. The molecule has 7 nitrogen and oxygen atoms in total. The van der Waals surface area contributed by atoms with Gasteiger partial charge in [-0.3, -0.25) is 9.20 Å². The second-order valence-corrected chi connectivity index (χ2v) is 7.52. The van der Waals surface area contributed by atoms with E-state index >= 15 is 0 Å². The van der Waals surface area contributed by atoms with E-state index in [9.17, 15) is 4.79 Å². The van der Waals surface area contributed by atoms with Gasteiger partial charge in [0.15, 0.2) is 0 Å². The van der Waals surface area contributed by atoms with Crippen molar-refractivity contribution in [3.8, 4) is 0 Å². The van der Waals surface area contributed by atoms with Crippen LogP contribution < -0.4 is 4.90 Å². The normalized spacial score (nSPS) is 18.8. The van der Waals surface area contributed by atoms with Gasteiger partial charge in [0, 0.05) is 44.4 Å². The van der Waals surface area contributed by atoms with Crippen LogP contribution in [0.1, 0.15) is 51.1 Å². The predicted molar refractivity (Wildman–Crippen MR) is 100 cm³/mol. The molecule has 2 fully saturated rings. The van der Waals surface area contributed by atoms with Gasteiger partial charge in [0.2, 0.25) is 5.91 Å². The summed E-state index contributed by atoms with van der Waals surface area (Å²) in [5.74, 6) is 2.70. The molecule has 1 saturated carbocycles. The topological polar surface area (TPSA) is 66.6 Å². The number of carbonyl (C=O) groups is 1. The molecule has 0 aromatic carbocycles. The molecule has 1 aliphatic heterocycles. The third kappa shape index (κ3) is 3.52. The molecular weight excluding hydrogens is 328 g/mol. The Morgan fingerprint density at radius 3 is 2.69 bits per heavy atom. The third-order valence-electron chi connectivity index (χ3n) is 5.91. The number of amides is 1. The van der Waals surface area contributed by atoms with Crippen molar-refractivity contribution in [2.24, 2.45) is 5.92 Å². The number of piperazine rings is 1. The quantitative estimate of drug-likeness (QED) is 0.822. The van der Waals surface area contributed by atoms with Crippen molar-refractivity contribution in [2.75, 3.05) is 31.1 Å². The summed E-state index contributed by atoms with van der Waals surface area (Å²) in [5.41, 5.74) is 1.16. The lowest BCUT2D eigenvalue weighted by Gasteiger charge is -2.35. The zero-order chi connectivity index (χ0) is 17.9. The van der Waals surface area contributed by atoms with Crippen LogP contribution in [0.5, 0.6) is 0 Å². The molecule has 1 aliphatic carbocycles. The highest BCUT2D eigenvalue weighted by Crippen LogP contribution is 2.28. The van der Waals surface area contributed by atoms with Crippen LogP contribution in [0.2, 0.25) is 0 Å². The van der Waals surface area contributed by atoms with Gasteiger partial charge in [-0.25, -0.2) is 0 Å². The fourth-order valence-electron chi connectivity index (χ4n) is 4.27. The first-order valence-electron chi connectivity index (χ1n) is 9.97. The van der Waals surface area contributed by atoms with E-state index in [1.807, 2.05) is 9.30 Å². The molecule has 1 saturated heterocycles. The summed E-state index contributed by atoms with van der Waals surface area (Å²) in [4.78, 5) is 21.4. The Balaban J connectivity index is 1.35. The summed E-state index contributed by atoms with van der Waals surface area (Å²) in [5, 5.41) is 8.06. The fourth-order valence-corrected chi connectivity index (χ4v) is 4.27. The van der Waals surface area contributed by atoms with E-state index in [0.29, 0.717) is 18.1 Å². The Kier molecular flexibility index (Phi) is 5.04. The molecule has 0 spiro atoms. The molecule has 0 N–H and O–H groups in total. The van der Waals surface area contributed by atoms with E-state index in [1.165, 1.54) is 25.7 Å². The minimum absolute atomic E-state index is 0.326. The van der Waals surface area contributed by atoms with Crippen LogP contribution in [0.3, 0.4) is 0 Å². The van der Waals surface area contributed by atoms with Crippen LogP contribution in [-0.2, 0) is 11.2 Å². The van der Waals surface area contributed by atoms with E-state index in [0.717, 1.165) is 56.5 Å². The number of hydrogen-bond donors (Lipinski definition) is 0. The van der Waals surface area contributed by atoms with E-state index in [-0.39, 0.29) is 0 Å². The van der Waals surface area contributed by atoms with E-state index in [4.69, 9.17) is 0 Å². The maximum atomic E-state index is 12.5. The number of hydrogen-bond acceptors (Lipinski definition) is 5. The lowest BCUT2D eigenvalue weighted by Crippen LogP contribution is -2.49. The van der Waals surface area contributed by atoms with E-state index < -0.39 is 0 Å². The van der Waals surface area contributed by atoms with Gasteiger partial charge in [-0.1, -0.05) is 32.6 Å². The Morgan fingerprint density at radius 1 is 1.19 bits per heavy atom. The van der Waals surface area contributed by atoms with Gasteiger partial charge >= 0.3 is 0 Å². The molecule has 2 aromatic heterocycles. The van der Waals surface area contributed by atoms with Gasteiger partial charge in [-0.15, -0.1) is 10.2 Å². The predicted octanol–water partition coefficient (Wildman–Crippen LogP) is 2.31. The lowest BCUT2D eigenvalue weighted by atomic mass is 10.0. The zero-order valence-corrected chi connectivity index (χ0v) is 15.6. The highest BCUT2D eigenvalue weighted by atomic mass is 16.2.